The number of primary amides is 1. The number of anilines is 1. The van der Waals surface area contributed by atoms with E-state index in [1.54, 1.807) is 6.07 Å². The molecule has 1 amide bonds. The van der Waals surface area contributed by atoms with Crippen LogP contribution in [0.3, 0.4) is 0 Å². The van der Waals surface area contributed by atoms with E-state index in [1.165, 1.54) is 12.8 Å². The minimum atomic E-state index is -0.545. The van der Waals surface area contributed by atoms with Gasteiger partial charge in [0.1, 0.15) is 0 Å². The highest BCUT2D eigenvalue weighted by Crippen LogP contribution is 2.36. The predicted molar refractivity (Wildman–Crippen MR) is 71.6 cm³/mol. The van der Waals surface area contributed by atoms with Crippen LogP contribution in [0.4, 0.5) is 5.82 Å². The number of nitrogens with zero attached hydrogens (tertiary/aromatic N) is 3. The fourth-order valence-electron chi connectivity index (χ4n) is 3.33. The molecule has 2 fully saturated rings. The number of carbonyl (C=O) groups excluding carboxylic acids is 1. The second-order valence-corrected chi connectivity index (χ2v) is 5.56. The molecule has 1 aliphatic heterocycles. The molecule has 1 aromatic rings. The molecule has 0 aromatic carbocycles. The van der Waals surface area contributed by atoms with Crippen LogP contribution in [-0.2, 0) is 0 Å². The predicted octanol–water partition coefficient (Wildman–Crippen LogP) is 0.139. The van der Waals surface area contributed by atoms with Crippen LogP contribution in [0, 0.1) is 11.8 Å². The Morgan fingerprint density at radius 1 is 1.26 bits per heavy atom. The average molecular weight is 261 g/mol. The lowest BCUT2D eigenvalue weighted by Gasteiger charge is -2.29. The SMILES string of the molecule is NC(=O)c1ccc(N2CC3CCCC(N)C3C2)nn1. The maximum Gasteiger partial charge on any atom is 0.269 e. The van der Waals surface area contributed by atoms with E-state index in [0.717, 1.165) is 25.3 Å². The van der Waals surface area contributed by atoms with E-state index in [-0.39, 0.29) is 5.69 Å². The Hall–Kier alpha value is -1.69. The second kappa shape index (κ2) is 4.77. The van der Waals surface area contributed by atoms with Gasteiger partial charge in [0, 0.05) is 19.1 Å². The van der Waals surface area contributed by atoms with E-state index in [9.17, 15) is 4.79 Å². The molecule has 3 unspecified atom stereocenters. The van der Waals surface area contributed by atoms with Crippen LogP contribution < -0.4 is 16.4 Å². The number of rotatable bonds is 2. The maximum atomic E-state index is 11.0. The number of fused-ring (bicyclic) bond motifs is 1. The first-order valence-corrected chi connectivity index (χ1v) is 6.79. The molecule has 102 valence electrons. The molecule has 1 saturated carbocycles. The van der Waals surface area contributed by atoms with Crippen LogP contribution in [0.25, 0.3) is 0 Å². The van der Waals surface area contributed by atoms with Gasteiger partial charge in [-0.1, -0.05) is 6.42 Å². The minimum absolute atomic E-state index is 0.206. The maximum absolute atomic E-state index is 11.0. The Labute approximate surface area is 112 Å². The first-order valence-electron chi connectivity index (χ1n) is 6.79. The topological polar surface area (TPSA) is 98.1 Å². The molecule has 6 nitrogen and oxygen atoms in total. The summed E-state index contributed by atoms with van der Waals surface area (Å²) in [6.45, 7) is 1.93. The highest BCUT2D eigenvalue weighted by Gasteiger charge is 2.39. The van der Waals surface area contributed by atoms with Gasteiger partial charge >= 0.3 is 0 Å². The van der Waals surface area contributed by atoms with Crippen LogP contribution in [-0.4, -0.2) is 35.2 Å². The number of amides is 1. The normalized spacial score (nSPS) is 30.2. The van der Waals surface area contributed by atoms with Crippen molar-refractivity contribution in [2.24, 2.45) is 23.3 Å². The van der Waals surface area contributed by atoms with Crippen molar-refractivity contribution >= 4 is 11.7 Å². The van der Waals surface area contributed by atoms with E-state index >= 15 is 0 Å². The molecule has 0 spiro atoms. The molecule has 0 bridgehead atoms. The molecule has 19 heavy (non-hydrogen) atoms. The standard InChI is InChI=1S/C13H19N5O/c14-10-3-1-2-8-6-18(7-9(8)10)12-5-4-11(13(15)19)16-17-12/h4-5,8-10H,1-3,6-7,14H2,(H2,15,19). The second-order valence-electron chi connectivity index (χ2n) is 5.56. The van der Waals surface area contributed by atoms with E-state index in [2.05, 4.69) is 15.1 Å². The van der Waals surface area contributed by atoms with Crippen molar-refractivity contribution in [3.8, 4) is 0 Å². The molecular formula is C13H19N5O. The minimum Gasteiger partial charge on any atom is -0.364 e. The zero-order chi connectivity index (χ0) is 13.4. The molecule has 2 heterocycles. The van der Waals surface area contributed by atoms with Crippen LogP contribution in [0.1, 0.15) is 29.8 Å². The molecule has 6 heteroatoms. The molecule has 2 aliphatic rings. The van der Waals surface area contributed by atoms with Gasteiger partial charge in [-0.2, -0.15) is 0 Å². The molecule has 0 radical (unpaired) electrons. The summed E-state index contributed by atoms with van der Waals surface area (Å²) < 4.78 is 0. The zero-order valence-corrected chi connectivity index (χ0v) is 10.8. The van der Waals surface area contributed by atoms with Gasteiger partial charge in [-0.3, -0.25) is 4.79 Å². The Morgan fingerprint density at radius 3 is 2.74 bits per heavy atom. The fourth-order valence-corrected chi connectivity index (χ4v) is 3.33. The Morgan fingerprint density at radius 2 is 2.11 bits per heavy atom. The first kappa shape index (κ1) is 12.3. The lowest BCUT2D eigenvalue weighted by Crippen LogP contribution is -2.38. The quantitative estimate of drug-likeness (QED) is 0.789. The molecule has 1 saturated heterocycles. The third-order valence-corrected chi connectivity index (χ3v) is 4.38. The smallest absolute Gasteiger partial charge is 0.269 e. The van der Waals surface area contributed by atoms with E-state index in [1.807, 2.05) is 6.07 Å². The van der Waals surface area contributed by atoms with Gasteiger partial charge in [0.2, 0.25) is 0 Å². The van der Waals surface area contributed by atoms with Crippen LogP contribution in [0.5, 0.6) is 0 Å². The highest BCUT2D eigenvalue weighted by molar-refractivity contribution is 5.90. The number of hydrogen-bond acceptors (Lipinski definition) is 5. The first-order chi connectivity index (χ1) is 9.15. The van der Waals surface area contributed by atoms with Crippen LogP contribution in [0.2, 0.25) is 0 Å². The Bertz CT molecular complexity index is 474. The van der Waals surface area contributed by atoms with Crippen molar-refractivity contribution in [3.05, 3.63) is 17.8 Å². The summed E-state index contributed by atoms with van der Waals surface area (Å²) in [5.41, 5.74) is 11.6. The van der Waals surface area contributed by atoms with Crippen molar-refractivity contribution in [3.63, 3.8) is 0 Å². The molecule has 3 atom stereocenters. The molecule has 4 N–H and O–H groups in total. The molecule has 3 rings (SSSR count). The van der Waals surface area contributed by atoms with Crippen LogP contribution >= 0.6 is 0 Å². The Balaban J connectivity index is 1.75. The van der Waals surface area contributed by atoms with Gasteiger partial charge in [-0.15, -0.1) is 10.2 Å². The summed E-state index contributed by atoms with van der Waals surface area (Å²) in [7, 11) is 0. The third kappa shape index (κ3) is 2.28. The molecule has 1 aromatic heterocycles. The lowest BCUT2D eigenvalue weighted by molar-refractivity contribution is 0.0994. The van der Waals surface area contributed by atoms with Crippen molar-refractivity contribution < 1.29 is 4.79 Å². The third-order valence-electron chi connectivity index (χ3n) is 4.38. The van der Waals surface area contributed by atoms with E-state index in [4.69, 9.17) is 11.5 Å². The van der Waals surface area contributed by atoms with Crippen molar-refractivity contribution in [1.29, 1.82) is 0 Å². The van der Waals surface area contributed by atoms with Gasteiger partial charge in [0.05, 0.1) is 0 Å². The largest absolute Gasteiger partial charge is 0.364 e. The van der Waals surface area contributed by atoms with Gasteiger partial charge in [-0.05, 0) is 36.8 Å². The molecule has 1 aliphatic carbocycles. The monoisotopic (exact) mass is 261 g/mol. The van der Waals surface area contributed by atoms with Crippen molar-refractivity contribution in [2.45, 2.75) is 25.3 Å². The number of nitrogens with two attached hydrogens (primary N) is 2. The van der Waals surface area contributed by atoms with Crippen LogP contribution in [0.15, 0.2) is 12.1 Å². The van der Waals surface area contributed by atoms with Gasteiger partial charge in [-0.25, -0.2) is 0 Å². The summed E-state index contributed by atoms with van der Waals surface area (Å²) in [6.07, 6.45) is 3.60. The van der Waals surface area contributed by atoms with Gasteiger partial charge in [0.25, 0.3) is 5.91 Å². The van der Waals surface area contributed by atoms with E-state index < -0.39 is 5.91 Å². The fraction of sp³-hybridized carbons (Fsp3) is 0.615. The summed E-state index contributed by atoms with van der Waals surface area (Å²) in [5.74, 6) is 1.50. The van der Waals surface area contributed by atoms with Crippen molar-refractivity contribution in [1.82, 2.24) is 10.2 Å². The highest BCUT2D eigenvalue weighted by atomic mass is 16.1. The summed E-state index contributed by atoms with van der Waals surface area (Å²) in [4.78, 5) is 13.2. The summed E-state index contributed by atoms with van der Waals surface area (Å²) >= 11 is 0. The van der Waals surface area contributed by atoms with Gasteiger partial charge in [0.15, 0.2) is 11.5 Å². The van der Waals surface area contributed by atoms with Crippen molar-refractivity contribution in [2.75, 3.05) is 18.0 Å². The average Bonchev–Trinajstić information content (AvgIpc) is 2.84. The zero-order valence-electron chi connectivity index (χ0n) is 10.8. The number of hydrogen-bond donors (Lipinski definition) is 2. The number of carbonyl (C=O) groups is 1. The molecular weight excluding hydrogens is 242 g/mol. The lowest BCUT2D eigenvalue weighted by atomic mass is 9.78. The summed E-state index contributed by atoms with van der Waals surface area (Å²) in [6, 6.07) is 3.75. The Kier molecular flexibility index (Phi) is 3.10. The number of aromatic nitrogens is 2. The van der Waals surface area contributed by atoms with E-state index in [0.29, 0.717) is 17.9 Å². The summed E-state index contributed by atoms with van der Waals surface area (Å²) in [5, 5.41) is 7.96. The van der Waals surface area contributed by atoms with Gasteiger partial charge < -0.3 is 16.4 Å².